The lowest BCUT2D eigenvalue weighted by Gasteiger charge is -2.20. The van der Waals surface area contributed by atoms with Crippen LogP contribution in [0.3, 0.4) is 0 Å². The molecule has 0 saturated heterocycles. The summed E-state index contributed by atoms with van der Waals surface area (Å²) < 4.78 is 27.4. The smallest absolute Gasteiger partial charge is 0.241 e. The van der Waals surface area contributed by atoms with Gasteiger partial charge in [0, 0.05) is 6.54 Å². The number of sulfonamides is 1. The van der Waals surface area contributed by atoms with Crippen molar-refractivity contribution in [3.05, 3.63) is 29.8 Å². The van der Waals surface area contributed by atoms with Crippen LogP contribution in [0.2, 0.25) is 0 Å². The lowest BCUT2D eigenvalue weighted by atomic mass is 10.0. The third-order valence-corrected chi connectivity index (χ3v) is 4.82. The van der Waals surface area contributed by atoms with E-state index in [1.54, 1.807) is 12.1 Å². The van der Waals surface area contributed by atoms with Crippen molar-refractivity contribution < 1.29 is 13.2 Å². The summed E-state index contributed by atoms with van der Waals surface area (Å²) in [4.78, 5) is 12.4. The van der Waals surface area contributed by atoms with Gasteiger partial charge in [0.25, 0.3) is 0 Å². The average molecular weight is 341 g/mol. The van der Waals surface area contributed by atoms with Crippen LogP contribution < -0.4 is 15.8 Å². The standard InChI is InChI=1S/C16H27N3O3S/c1-12(2)11-15(16(20)18-10-4-9-17)19-23(21,22)14-7-5-13(3)6-8-14/h5-8,12,15,19H,4,9-11,17H2,1-3H3,(H,18,20). The van der Waals surface area contributed by atoms with E-state index >= 15 is 0 Å². The summed E-state index contributed by atoms with van der Waals surface area (Å²) in [6.07, 6.45) is 1.09. The highest BCUT2D eigenvalue weighted by molar-refractivity contribution is 7.89. The molecule has 0 radical (unpaired) electrons. The molecule has 6 nitrogen and oxygen atoms in total. The van der Waals surface area contributed by atoms with Crippen LogP contribution in [0.5, 0.6) is 0 Å². The summed E-state index contributed by atoms with van der Waals surface area (Å²) in [7, 11) is -3.73. The molecule has 0 heterocycles. The quantitative estimate of drug-likeness (QED) is 0.587. The van der Waals surface area contributed by atoms with Crippen LogP contribution in [0, 0.1) is 12.8 Å². The van der Waals surface area contributed by atoms with Crippen molar-refractivity contribution in [1.82, 2.24) is 10.0 Å². The van der Waals surface area contributed by atoms with E-state index in [2.05, 4.69) is 10.0 Å². The van der Waals surface area contributed by atoms with Gasteiger partial charge in [-0.2, -0.15) is 4.72 Å². The van der Waals surface area contributed by atoms with Gasteiger partial charge in [-0.3, -0.25) is 4.79 Å². The van der Waals surface area contributed by atoms with Gasteiger partial charge < -0.3 is 11.1 Å². The first-order valence-electron chi connectivity index (χ1n) is 7.83. The molecule has 0 spiro atoms. The van der Waals surface area contributed by atoms with Gasteiger partial charge in [-0.15, -0.1) is 0 Å². The number of rotatable bonds is 9. The van der Waals surface area contributed by atoms with Crippen molar-refractivity contribution in [1.29, 1.82) is 0 Å². The lowest BCUT2D eigenvalue weighted by molar-refractivity contribution is -0.123. The Labute approximate surface area is 138 Å². The zero-order valence-corrected chi connectivity index (χ0v) is 14.8. The maximum absolute atomic E-state index is 12.5. The van der Waals surface area contributed by atoms with Gasteiger partial charge in [-0.05, 0) is 44.4 Å². The molecule has 0 bridgehead atoms. The Balaban J connectivity index is 2.86. The SMILES string of the molecule is Cc1ccc(S(=O)(=O)NC(CC(C)C)C(=O)NCCCN)cc1. The predicted molar refractivity (Wildman–Crippen MR) is 91.4 cm³/mol. The van der Waals surface area contributed by atoms with E-state index in [0.717, 1.165) is 5.56 Å². The molecule has 0 aliphatic carbocycles. The van der Waals surface area contributed by atoms with E-state index in [-0.39, 0.29) is 16.7 Å². The molecule has 0 saturated carbocycles. The van der Waals surface area contributed by atoms with E-state index in [4.69, 9.17) is 5.73 Å². The number of nitrogens with one attached hydrogen (secondary N) is 2. The van der Waals surface area contributed by atoms with Gasteiger partial charge >= 0.3 is 0 Å². The van der Waals surface area contributed by atoms with Crippen LogP contribution in [0.1, 0.15) is 32.3 Å². The van der Waals surface area contributed by atoms with Crippen LogP contribution in [0.25, 0.3) is 0 Å². The summed E-state index contributed by atoms with van der Waals surface area (Å²) in [5.74, 6) is -0.135. The number of carbonyl (C=O) groups excluding carboxylic acids is 1. The fourth-order valence-electron chi connectivity index (χ4n) is 2.09. The summed E-state index contributed by atoms with van der Waals surface area (Å²) in [6.45, 7) is 6.69. The van der Waals surface area contributed by atoms with E-state index in [0.29, 0.717) is 25.9 Å². The molecule has 0 aliphatic rings. The van der Waals surface area contributed by atoms with Crippen LogP contribution in [0.4, 0.5) is 0 Å². The van der Waals surface area contributed by atoms with Crippen molar-refractivity contribution in [2.75, 3.05) is 13.1 Å². The average Bonchev–Trinajstić information content (AvgIpc) is 2.46. The predicted octanol–water partition coefficient (Wildman–Crippen LogP) is 1.15. The molecule has 1 atom stereocenters. The Kier molecular flexibility index (Phi) is 7.67. The first-order valence-corrected chi connectivity index (χ1v) is 9.31. The first-order chi connectivity index (χ1) is 10.8. The number of aryl methyl sites for hydroxylation is 1. The van der Waals surface area contributed by atoms with Crippen LogP contribution in [0.15, 0.2) is 29.2 Å². The van der Waals surface area contributed by atoms with Crippen LogP contribution in [-0.2, 0) is 14.8 Å². The highest BCUT2D eigenvalue weighted by Gasteiger charge is 2.26. The molecule has 1 aromatic rings. The topological polar surface area (TPSA) is 101 Å². The number of hydrogen-bond acceptors (Lipinski definition) is 4. The number of amides is 1. The minimum atomic E-state index is -3.73. The Morgan fingerprint density at radius 2 is 1.83 bits per heavy atom. The van der Waals surface area contributed by atoms with Gasteiger partial charge in [-0.25, -0.2) is 8.42 Å². The number of hydrogen-bond donors (Lipinski definition) is 3. The second-order valence-corrected chi connectivity index (χ2v) is 7.76. The molecule has 1 amide bonds. The van der Waals surface area contributed by atoms with Gasteiger partial charge in [0.05, 0.1) is 4.90 Å². The Morgan fingerprint density at radius 3 is 2.35 bits per heavy atom. The van der Waals surface area contributed by atoms with Crippen molar-refractivity contribution in [3.63, 3.8) is 0 Å². The molecule has 1 rings (SSSR count). The Bertz CT molecular complexity index is 598. The van der Waals surface area contributed by atoms with Crippen molar-refractivity contribution in [2.24, 2.45) is 11.7 Å². The van der Waals surface area contributed by atoms with Gasteiger partial charge in [-0.1, -0.05) is 31.5 Å². The fourth-order valence-corrected chi connectivity index (χ4v) is 3.30. The number of carbonyl (C=O) groups is 1. The largest absolute Gasteiger partial charge is 0.355 e. The fraction of sp³-hybridized carbons (Fsp3) is 0.562. The lowest BCUT2D eigenvalue weighted by Crippen LogP contribution is -2.47. The molecule has 0 fully saturated rings. The molecule has 7 heteroatoms. The maximum atomic E-state index is 12.5. The minimum Gasteiger partial charge on any atom is -0.355 e. The highest BCUT2D eigenvalue weighted by atomic mass is 32.2. The van der Waals surface area contributed by atoms with E-state index in [1.807, 2.05) is 20.8 Å². The Morgan fingerprint density at radius 1 is 1.22 bits per heavy atom. The normalized spacial score (nSPS) is 13.1. The first kappa shape index (κ1) is 19.6. The molecule has 23 heavy (non-hydrogen) atoms. The van der Waals surface area contributed by atoms with Gasteiger partial charge in [0.2, 0.25) is 15.9 Å². The Hall–Kier alpha value is -1.44. The summed E-state index contributed by atoms with van der Waals surface area (Å²) in [5.41, 5.74) is 6.37. The third-order valence-electron chi connectivity index (χ3n) is 3.33. The molecular weight excluding hydrogens is 314 g/mol. The zero-order valence-electron chi connectivity index (χ0n) is 14.0. The monoisotopic (exact) mass is 341 g/mol. The van der Waals surface area contributed by atoms with Crippen molar-refractivity contribution in [3.8, 4) is 0 Å². The molecule has 0 aromatic heterocycles. The molecule has 130 valence electrons. The number of nitrogens with two attached hydrogens (primary N) is 1. The molecule has 4 N–H and O–H groups in total. The van der Waals surface area contributed by atoms with Crippen molar-refractivity contribution >= 4 is 15.9 Å². The molecule has 0 aliphatic heterocycles. The van der Waals surface area contributed by atoms with Crippen molar-refractivity contribution in [2.45, 2.75) is 44.6 Å². The molecule has 1 unspecified atom stereocenters. The second-order valence-electron chi connectivity index (χ2n) is 6.05. The zero-order chi connectivity index (χ0) is 17.5. The highest BCUT2D eigenvalue weighted by Crippen LogP contribution is 2.13. The van der Waals surface area contributed by atoms with Gasteiger partial charge in [0.1, 0.15) is 6.04 Å². The third kappa shape index (κ3) is 6.68. The van der Waals surface area contributed by atoms with E-state index in [9.17, 15) is 13.2 Å². The van der Waals surface area contributed by atoms with Crippen LogP contribution in [-0.4, -0.2) is 33.5 Å². The maximum Gasteiger partial charge on any atom is 0.241 e. The number of benzene rings is 1. The summed E-state index contributed by atoms with van der Waals surface area (Å²) >= 11 is 0. The summed E-state index contributed by atoms with van der Waals surface area (Å²) in [6, 6.07) is 5.74. The van der Waals surface area contributed by atoms with Crippen LogP contribution >= 0.6 is 0 Å². The molecular formula is C16H27N3O3S. The minimum absolute atomic E-state index is 0.159. The van der Waals surface area contributed by atoms with E-state index in [1.165, 1.54) is 12.1 Å². The van der Waals surface area contributed by atoms with E-state index < -0.39 is 16.1 Å². The molecule has 1 aromatic carbocycles. The second kappa shape index (κ2) is 9.00. The summed E-state index contributed by atoms with van der Waals surface area (Å²) in [5, 5.41) is 2.73. The van der Waals surface area contributed by atoms with Gasteiger partial charge in [0.15, 0.2) is 0 Å².